The molecule has 7 heteroatoms. The number of nitrogens with one attached hydrogen (secondary N) is 1. The Morgan fingerprint density at radius 2 is 1.95 bits per heavy atom. The van der Waals surface area contributed by atoms with Crippen molar-refractivity contribution < 1.29 is 4.79 Å². The third kappa shape index (κ3) is 2.97. The molecule has 6 nitrogen and oxygen atoms in total. The SMILES string of the molecule is O=C(NCc1ccc(Cl)cc1)C1(n2cnnn2)CCCCC1. The highest BCUT2D eigenvalue weighted by atomic mass is 35.5. The molecular formula is C15H18ClN5O. The maximum Gasteiger partial charge on any atom is 0.248 e. The molecule has 1 N–H and O–H groups in total. The standard InChI is InChI=1S/C15H18ClN5O/c16-13-6-4-12(5-7-13)10-17-14(22)15(8-2-1-3-9-15)21-11-18-19-20-21/h4-7,11H,1-3,8-10H2,(H,17,22). The lowest BCUT2D eigenvalue weighted by molar-refractivity contribution is -0.132. The summed E-state index contributed by atoms with van der Waals surface area (Å²) in [6, 6.07) is 7.46. The second kappa shape index (κ2) is 6.44. The van der Waals surface area contributed by atoms with Gasteiger partial charge in [0.1, 0.15) is 11.9 Å². The van der Waals surface area contributed by atoms with Gasteiger partial charge < -0.3 is 5.32 Å². The van der Waals surface area contributed by atoms with Crippen molar-refractivity contribution in [1.82, 2.24) is 25.5 Å². The number of amides is 1. The maximum absolute atomic E-state index is 12.8. The van der Waals surface area contributed by atoms with Gasteiger partial charge in [-0.25, -0.2) is 4.68 Å². The van der Waals surface area contributed by atoms with Gasteiger partial charge >= 0.3 is 0 Å². The van der Waals surface area contributed by atoms with Crippen molar-refractivity contribution in [1.29, 1.82) is 0 Å². The molecule has 1 aromatic heterocycles. The summed E-state index contributed by atoms with van der Waals surface area (Å²) in [5.74, 6) is -0.0190. The number of tetrazole rings is 1. The molecule has 1 fully saturated rings. The van der Waals surface area contributed by atoms with Crippen molar-refractivity contribution in [2.45, 2.75) is 44.2 Å². The summed E-state index contributed by atoms with van der Waals surface area (Å²) in [6.45, 7) is 0.472. The first-order chi connectivity index (χ1) is 10.7. The average Bonchev–Trinajstić information content (AvgIpc) is 3.09. The molecule has 116 valence electrons. The predicted molar refractivity (Wildman–Crippen MR) is 82.2 cm³/mol. The van der Waals surface area contributed by atoms with Crippen LogP contribution in [0.4, 0.5) is 0 Å². The lowest BCUT2D eigenvalue weighted by Gasteiger charge is -2.35. The third-order valence-electron chi connectivity index (χ3n) is 4.26. The summed E-state index contributed by atoms with van der Waals surface area (Å²) in [6.07, 6.45) is 6.24. The molecule has 1 saturated carbocycles. The van der Waals surface area contributed by atoms with Gasteiger partial charge in [-0.3, -0.25) is 4.79 Å². The Morgan fingerprint density at radius 1 is 1.23 bits per heavy atom. The summed E-state index contributed by atoms with van der Waals surface area (Å²) >= 11 is 5.87. The average molecular weight is 320 g/mol. The van der Waals surface area contributed by atoms with Gasteiger partial charge in [0, 0.05) is 11.6 Å². The smallest absolute Gasteiger partial charge is 0.248 e. The highest BCUT2D eigenvalue weighted by Gasteiger charge is 2.42. The van der Waals surface area contributed by atoms with Gasteiger partial charge in [-0.2, -0.15) is 0 Å². The fraction of sp³-hybridized carbons (Fsp3) is 0.467. The van der Waals surface area contributed by atoms with Gasteiger partial charge in [-0.05, 0) is 41.0 Å². The van der Waals surface area contributed by atoms with Crippen LogP contribution in [0.25, 0.3) is 0 Å². The van der Waals surface area contributed by atoms with E-state index in [0.29, 0.717) is 11.6 Å². The van der Waals surface area contributed by atoms with Crippen molar-refractivity contribution in [3.8, 4) is 0 Å². The van der Waals surface area contributed by atoms with Crippen LogP contribution in [0, 0.1) is 0 Å². The largest absolute Gasteiger partial charge is 0.350 e. The molecule has 1 aliphatic rings. The van der Waals surface area contributed by atoms with Crippen LogP contribution in [0.5, 0.6) is 0 Å². The first-order valence-electron chi connectivity index (χ1n) is 7.47. The second-order valence-corrected chi connectivity index (χ2v) is 6.09. The zero-order valence-electron chi connectivity index (χ0n) is 12.2. The molecule has 2 aromatic rings. The molecular weight excluding hydrogens is 302 g/mol. The third-order valence-corrected chi connectivity index (χ3v) is 4.51. The van der Waals surface area contributed by atoms with Crippen LogP contribution in [0.3, 0.4) is 0 Å². The number of benzene rings is 1. The van der Waals surface area contributed by atoms with Crippen LogP contribution >= 0.6 is 11.6 Å². The topological polar surface area (TPSA) is 72.7 Å². The molecule has 1 amide bonds. The molecule has 1 heterocycles. The van der Waals surface area contributed by atoms with E-state index in [9.17, 15) is 4.79 Å². The number of aromatic nitrogens is 4. The number of hydrogen-bond acceptors (Lipinski definition) is 4. The van der Waals surface area contributed by atoms with Gasteiger partial charge in [0.15, 0.2) is 0 Å². The van der Waals surface area contributed by atoms with Crippen molar-refractivity contribution in [2.75, 3.05) is 0 Å². The van der Waals surface area contributed by atoms with E-state index in [-0.39, 0.29) is 5.91 Å². The number of rotatable bonds is 4. The minimum Gasteiger partial charge on any atom is -0.350 e. The number of halogens is 1. The van der Waals surface area contributed by atoms with Gasteiger partial charge in [0.25, 0.3) is 0 Å². The minimum absolute atomic E-state index is 0.0190. The molecule has 1 aromatic carbocycles. The maximum atomic E-state index is 12.8. The van der Waals surface area contributed by atoms with Crippen LogP contribution in [-0.2, 0) is 16.9 Å². The summed E-state index contributed by atoms with van der Waals surface area (Å²) in [5.41, 5.74) is 0.356. The molecule has 0 aliphatic heterocycles. The first-order valence-corrected chi connectivity index (χ1v) is 7.85. The van der Waals surface area contributed by atoms with Gasteiger partial charge in [0.2, 0.25) is 5.91 Å². The monoisotopic (exact) mass is 319 g/mol. The molecule has 1 aliphatic carbocycles. The van der Waals surface area contributed by atoms with E-state index in [1.807, 2.05) is 24.3 Å². The van der Waals surface area contributed by atoms with Crippen LogP contribution in [0.2, 0.25) is 5.02 Å². The fourth-order valence-corrected chi connectivity index (χ4v) is 3.13. The van der Waals surface area contributed by atoms with Gasteiger partial charge in [0.05, 0.1) is 0 Å². The fourth-order valence-electron chi connectivity index (χ4n) is 3.00. The molecule has 0 atom stereocenters. The number of carbonyl (C=O) groups is 1. The van der Waals surface area contributed by atoms with E-state index in [4.69, 9.17) is 11.6 Å². The van der Waals surface area contributed by atoms with Crippen molar-refractivity contribution in [2.24, 2.45) is 0 Å². The molecule has 0 saturated heterocycles. The van der Waals surface area contributed by atoms with E-state index < -0.39 is 5.54 Å². The molecule has 0 spiro atoms. The van der Waals surface area contributed by atoms with E-state index in [0.717, 1.165) is 37.7 Å². The molecule has 3 rings (SSSR count). The molecule has 0 bridgehead atoms. The van der Waals surface area contributed by atoms with Crippen LogP contribution < -0.4 is 5.32 Å². The summed E-state index contributed by atoms with van der Waals surface area (Å²) in [5, 5.41) is 15.1. The number of carbonyl (C=O) groups excluding carboxylic acids is 1. The molecule has 22 heavy (non-hydrogen) atoms. The Bertz CT molecular complexity index is 620. The Morgan fingerprint density at radius 3 is 2.59 bits per heavy atom. The Kier molecular flexibility index (Phi) is 4.38. The van der Waals surface area contributed by atoms with Crippen molar-refractivity contribution in [3.63, 3.8) is 0 Å². The Hall–Kier alpha value is -1.95. The Balaban J connectivity index is 1.74. The zero-order valence-corrected chi connectivity index (χ0v) is 13.0. The van der Waals surface area contributed by atoms with E-state index in [1.54, 1.807) is 4.68 Å². The second-order valence-electron chi connectivity index (χ2n) is 5.66. The summed E-state index contributed by atoms with van der Waals surface area (Å²) in [4.78, 5) is 12.8. The van der Waals surface area contributed by atoms with E-state index in [2.05, 4.69) is 20.8 Å². The zero-order chi connectivity index (χ0) is 15.4. The first kappa shape index (κ1) is 15.0. The minimum atomic E-state index is -0.659. The van der Waals surface area contributed by atoms with Gasteiger partial charge in [-0.1, -0.05) is 43.0 Å². The molecule has 0 unspecified atom stereocenters. The molecule has 0 radical (unpaired) electrons. The normalized spacial score (nSPS) is 17.1. The van der Waals surface area contributed by atoms with Crippen molar-refractivity contribution >= 4 is 17.5 Å². The van der Waals surface area contributed by atoms with E-state index >= 15 is 0 Å². The Labute approximate surface area is 133 Å². The summed E-state index contributed by atoms with van der Waals surface area (Å²) < 4.78 is 1.61. The van der Waals surface area contributed by atoms with Crippen LogP contribution in [0.1, 0.15) is 37.7 Å². The van der Waals surface area contributed by atoms with Crippen molar-refractivity contribution in [3.05, 3.63) is 41.2 Å². The van der Waals surface area contributed by atoms with E-state index in [1.165, 1.54) is 6.33 Å². The number of nitrogens with zero attached hydrogens (tertiary/aromatic N) is 4. The lowest BCUT2D eigenvalue weighted by Crippen LogP contribution is -2.50. The lowest BCUT2D eigenvalue weighted by atomic mass is 9.81. The van der Waals surface area contributed by atoms with Crippen LogP contribution in [-0.4, -0.2) is 26.1 Å². The van der Waals surface area contributed by atoms with Gasteiger partial charge in [-0.15, -0.1) is 5.10 Å². The number of hydrogen-bond donors (Lipinski definition) is 1. The predicted octanol–water partition coefficient (Wildman–Crippen LogP) is 2.30. The van der Waals surface area contributed by atoms with Crippen LogP contribution in [0.15, 0.2) is 30.6 Å². The summed E-state index contributed by atoms with van der Waals surface area (Å²) in [7, 11) is 0. The highest BCUT2D eigenvalue weighted by Crippen LogP contribution is 2.34. The highest BCUT2D eigenvalue weighted by molar-refractivity contribution is 6.30. The quantitative estimate of drug-likeness (QED) is 0.938.